The first-order valence-electron chi connectivity index (χ1n) is 10.8. The number of benzene rings is 1. The number of carbonyl (C=O) groups excluding carboxylic acids is 1. The van der Waals surface area contributed by atoms with Gasteiger partial charge in [0.15, 0.2) is 0 Å². The van der Waals surface area contributed by atoms with Crippen molar-refractivity contribution in [2.24, 2.45) is 17.8 Å². The molecule has 0 aromatic heterocycles. The molecule has 0 saturated heterocycles. The van der Waals surface area contributed by atoms with Gasteiger partial charge in [-0.1, -0.05) is 36.6 Å². The van der Waals surface area contributed by atoms with Crippen molar-refractivity contribution in [3.05, 3.63) is 46.8 Å². The summed E-state index contributed by atoms with van der Waals surface area (Å²) in [6.07, 6.45) is 15.0. The van der Waals surface area contributed by atoms with Gasteiger partial charge >= 0.3 is 5.97 Å². The zero-order valence-electron chi connectivity index (χ0n) is 16.8. The lowest BCUT2D eigenvalue weighted by Gasteiger charge is -2.37. The highest BCUT2D eigenvalue weighted by molar-refractivity contribution is 6.30. The fourth-order valence-corrected chi connectivity index (χ4v) is 5.15. The molecule has 2 nitrogen and oxygen atoms in total. The first-order valence-corrected chi connectivity index (χ1v) is 11.2. The van der Waals surface area contributed by atoms with Crippen LogP contribution < -0.4 is 0 Å². The zero-order chi connectivity index (χ0) is 19.9. The predicted molar refractivity (Wildman–Crippen MR) is 112 cm³/mol. The fraction of sp³-hybridized carbons (Fsp3) is 0.625. The highest BCUT2D eigenvalue weighted by atomic mass is 35.5. The minimum Gasteiger partial charge on any atom is -0.459 e. The quantitative estimate of drug-likeness (QED) is 0.379. The van der Waals surface area contributed by atoms with E-state index in [9.17, 15) is 9.18 Å². The molecule has 0 atom stereocenters. The first kappa shape index (κ1) is 21.4. The standard InChI is InChI=1S/C24H32ClFO2/c1-2-3-24(27)28-21-13-11-20(12-14-21)19-9-6-17(7-10-19)4-5-18-8-15-22(25)23(26)16-18/h2-3,8,15-17,19-21H,4-7,9-14H2,1H3/b3-2+. The largest absolute Gasteiger partial charge is 0.459 e. The average molecular weight is 407 g/mol. The van der Waals surface area contributed by atoms with E-state index in [1.807, 2.05) is 13.0 Å². The van der Waals surface area contributed by atoms with Gasteiger partial charge in [0, 0.05) is 6.08 Å². The van der Waals surface area contributed by atoms with Crippen LogP contribution in [-0.2, 0) is 16.0 Å². The molecule has 4 heteroatoms. The third-order valence-electron chi connectivity index (χ3n) is 6.69. The summed E-state index contributed by atoms with van der Waals surface area (Å²) < 4.78 is 19.1. The SMILES string of the molecule is C/C=C/C(=O)OC1CCC(C2CCC(CCc3ccc(Cl)c(F)c3)CC2)CC1. The van der Waals surface area contributed by atoms with Crippen LogP contribution in [0.5, 0.6) is 0 Å². The Morgan fingerprint density at radius 2 is 1.75 bits per heavy atom. The Morgan fingerprint density at radius 3 is 2.36 bits per heavy atom. The minimum absolute atomic E-state index is 0.107. The van der Waals surface area contributed by atoms with E-state index >= 15 is 0 Å². The number of hydrogen-bond donors (Lipinski definition) is 0. The van der Waals surface area contributed by atoms with Crippen LogP contribution in [0.1, 0.15) is 70.3 Å². The second kappa shape index (κ2) is 10.4. The Balaban J connectivity index is 1.36. The first-order chi connectivity index (χ1) is 13.5. The zero-order valence-corrected chi connectivity index (χ0v) is 17.6. The second-order valence-electron chi connectivity index (χ2n) is 8.54. The van der Waals surface area contributed by atoms with E-state index in [0.29, 0.717) is 0 Å². The third-order valence-corrected chi connectivity index (χ3v) is 6.99. The number of allylic oxidation sites excluding steroid dienone is 1. The van der Waals surface area contributed by atoms with Crippen LogP contribution >= 0.6 is 11.6 Å². The molecule has 0 spiro atoms. The van der Waals surface area contributed by atoms with Crippen LogP contribution in [-0.4, -0.2) is 12.1 Å². The van der Waals surface area contributed by atoms with E-state index in [2.05, 4.69) is 0 Å². The number of rotatable bonds is 6. The minimum atomic E-state index is -0.310. The number of hydrogen-bond acceptors (Lipinski definition) is 2. The third kappa shape index (κ3) is 6.07. The van der Waals surface area contributed by atoms with Crippen molar-refractivity contribution in [1.82, 2.24) is 0 Å². The molecule has 2 aliphatic rings. The summed E-state index contributed by atoms with van der Waals surface area (Å²) in [5.41, 5.74) is 1.05. The van der Waals surface area contributed by atoms with Crippen molar-refractivity contribution in [2.75, 3.05) is 0 Å². The van der Waals surface area contributed by atoms with E-state index < -0.39 is 0 Å². The number of halogens is 2. The van der Waals surface area contributed by atoms with Gasteiger partial charge in [-0.15, -0.1) is 0 Å². The van der Waals surface area contributed by atoms with Gasteiger partial charge in [0.25, 0.3) is 0 Å². The molecular formula is C24H32ClFO2. The van der Waals surface area contributed by atoms with Gasteiger partial charge in [-0.2, -0.15) is 0 Å². The lowest BCUT2D eigenvalue weighted by molar-refractivity contribution is -0.145. The maximum Gasteiger partial charge on any atom is 0.330 e. The molecule has 0 heterocycles. The number of ether oxygens (including phenoxy) is 1. The summed E-state index contributed by atoms with van der Waals surface area (Å²) in [4.78, 5) is 11.6. The smallest absolute Gasteiger partial charge is 0.330 e. The molecule has 2 fully saturated rings. The summed E-state index contributed by atoms with van der Waals surface area (Å²) in [5.74, 6) is 1.87. The van der Waals surface area contributed by atoms with Gasteiger partial charge in [-0.3, -0.25) is 0 Å². The topological polar surface area (TPSA) is 26.3 Å². The van der Waals surface area contributed by atoms with E-state index in [4.69, 9.17) is 16.3 Å². The predicted octanol–water partition coefficient (Wildman–Crippen LogP) is 6.90. The van der Waals surface area contributed by atoms with Crippen LogP contribution in [0.4, 0.5) is 4.39 Å². The summed E-state index contributed by atoms with van der Waals surface area (Å²) in [7, 11) is 0. The van der Waals surface area contributed by atoms with Gasteiger partial charge in [0.2, 0.25) is 0 Å². The Labute approximate surface area is 173 Å². The molecular weight excluding hydrogens is 375 g/mol. The van der Waals surface area contributed by atoms with E-state index in [-0.39, 0.29) is 22.9 Å². The van der Waals surface area contributed by atoms with Gasteiger partial charge < -0.3 is 4.74 Å². The molecule has 0 radical (unpaired) electrons. The Bertz CT molecular complexity index is 671. The van der Waals surface area contributed by atoms with E-state index in [1.54, 1.807) is 18.2 Å². The Hall–Kier alpha value is -1.35. The maximum absolute atomic E-state index is 13.6. The molecule has 1 aromatic rings. The lowest BCUT2D eigenvalue weighted by atomic mass is 9.70. The van der Waals surface area contributed by atoms with Crippen molar-refractivity contribution in [2.45, 2.75) is 77.2 Å². The van der Waals surface area contributed by atoms with Crippen LogP contribution in [0.3, 0.4) is 0 Å². The van der Waals surface area contributed by atoms with Gasteiger partial charge in [0.05, 0.1) is 5.02 Å². The van der Waals surface area contributed by atoms with Crippen molar-refractivity contribution in [3.8, 4) is 0 Å². The number of carbonyl (C=O) groups is 1. The molecule has 154 valence electrons. The Morgan fingerprint density at radius 1 is 1.11 bits per heavy atom. The summed E-state index contributed by atoms with van der Waals surface area (Å²) in [5, 5.41) is 0.204. The lowest BCUT2D eigenvalue weighted by Crippen LogP contribution is -2.29. The Kier molecular flexibility index (Phi) is 7.96. The monoisotopic (exact) mass is 406 g/mol. The molecule has 0 N–H and O–H groups in total. The van der Waals surface area contributed by atoms with Gasteiger partial charge in [0.1, 0.15) is 11.9 Å². The maximum atomic E-state index is 13.6. The molecule has 0 amide bonds. The summed E-state index contributed by atoms with van der Waals surface area (Å²) in [6.45, 7) is 1.84. The second-order valence-corrected chi connectivity index (χ2v) is 8.95. The highest BCUT2D eigenvalue weighted by Gasteiger charge is 2.31. The van der Waals surface area contributed by atoms with Gasteiger partial charge in [-0.05, 0) is 93.7 Å². The summed E-state index contributed by atoms with van der Waals surface area (Å²) >= 11 is 5.76. The fourth-order valence-electron chi connectivity index (χ4n) is 5.03. The van der Waals surface area contributed by atoms with Crippen molar-refractivity contribution in [3.63, 3.8) is 0 Å². The molecule has 2 saturated carbocycles. The van der Waals surface area contributed by atoms with E-state index in [0.717, 1.165) is 49.0 Å². The van der Waals surface area contributed by atoms with E-state index in [1.165, 1.54) is 44.6 Å². The molecule has 3 rings (SSSR count). The highest BCUT2D eigenvalue weighted by Crippen LogP contribution is 2.41. The number of esters is 1. The average Bonchev–Trinajstić information content (AvgIpc) is 2.70. The van der Waals surface area contributed by atoms with Crippen LogP contribution in [0, 0.1) is 23.6 Å². The van der Waals surface area contributed by atoms with Crippen molar-refractivity contribution >= 4 is 17.6 Å². The molecule has 0 bridgehead atoms. The molecule has 2 aliphatic carbocycles. The van der Waals surface area contributed by atoms with Crippen molar-refractivity contribution < 1.29 is 13.9 Å². The normalized spacial score (nSPS) is 28.4. The van der Waals surface area contributed by atoms with Crippen molar-refractivity contribution in [1.29, 1.82) is 0 Å². The molecule has 28 heavy (non-hydrogen) atoms. The summed E-state index contributed by atoms with van der Waals surface area (Å²) in [6, 6.07) is 5.18. The molecule has 1 aromatic carbocycles. The van der Waals surface area contributed by atoms with Crippen LogP contribution in [0.15, 0.2) is 30.4 Å². The molecule has 0 unspecified atom stereocenters. The van der Waals surface area contributed by atoms with Crippen LogP contribution in [0.2, 0.25) is 5.02 Å². The number of aryl methyl sites for hydroxylation is 1. The van der Waals surface area contributed by atoms with Gasteiger partial charge in [-0.25, -0.2) is 9.18 Å². The van der Waals surface area contributed by atoms with Crippen LogP contribution in [0.25, 0.3) is 0 Å². The molecule has 0 aliphatic heterocycles.